The van der Waals surface area contributed by atoms with E-state index in [0.717, 1.165) is 15.8 Å². The smallest absolute Gasteiger partial charge is 0.310 e. The van der Waals surface area contributed by atoms with Crippen LogP contribution in [0.1, 0.15) is 24.4 Å². The fourth-order valence-electron chi connectivity index (χ4n) is 1.60. The maximum absolute atomic E-state index is 13.1. The number of hydrogen-bond acceptors (Lipinski definition) is 4. The Morgan fingerprint density at radius 2 is 2.05 bits per heavy atom. The van der Waals surface area contributed by atoms with E-state index in [1.807, 2.05) is 13.8 Å². The molecule has 114 valence electrons. The zero-order chi connectivity index (χ0) is 15.6. The maximum Gasteiger partial charge on any atom is 0.434 e. The molecule has 0 amide bonds. The van der Waals surface area contributed by atoms with Gasteiger partial charge in [-0.2, -0.15) is 13.2 Å². The van der Waals surface area contributed by atoms with Gasteiger partial charge in [0.2, 0.25) is 0 Å². The molecule has 0 saturated heterocycles. The van der Waals surface area contributed by atoms with Crippen LogP contribution >= 0.6 is 27.3 Å². The second kappa shape index (κ2) is 6.41. The van der Waals surface area contributed by atoms with Crippen molar-refractivity contribution in [2.24, 2.45) is 0 Å². The van der Waals surface area contributed by atoms with Crippen molar-refractivity contribution in [1.82, 2.24) is 15.3 Å². The Balaban J connectivity index is 2.37. The molecular formula is C13H13BrF3N3S. The molecule has 3 nitrogen and oxygen atoms in total. The first-order chi connectivity index (χ1) is 9.77. The lowest BCUT2D eigenvalue weighted by Crippen LogP contribution is -2.23. The number of halogens is 4. The molecule has 0 spiro atoms. The molecule has 2 aromatic rings. The minimum absolute atomic E-state index is 0.0995. The van der Waals surface area contributed by atoms with E-state index in [2.05, 4.69) is 31.2 Å². The van der Waals surface area contributed by atoms with Gasteiger partial charge in [-0.05, 0) is 28.1 Å². The Morgan fingerprint density at radius 1 is 1.33 bits per heavy atom. The molecule has 21 heavy (non-hydrogen) atoms. The van der Waals surface area contributed by atoms with Gasteiger partial charge in [-0.15, -0.1) is 11.3 Å². The van der Waals surface area contributed by atoms with Crippen LogP contribution in [0.2, 0.25) is 0 Å². The van der Waals surface area contributed by atoms with Gasteiger partial charge in [0.05, 0.1) is 10.6 Å². The second-order valence-electron chi connectivity index (χ2n) is 4.69. The number of aromatic nitrogens is 2. The standard InChI is InChI=1S/C13H13BrF3N3S/c1-7(2)18-6-10-11(13(15,16)17)20-12(21-10)9-4-3-8(14)5-19-9/h3-5,7,18H,6H2,1-2H3. The summed E-state index contributed by atoms with van der Waals surface area (Å²) in [4.78, 5) is 8.01. The van der Waals surface area contributed by atoms with Crippen LogP contribution in [0, 0.1) is 0 Å². The van der Waals surface area contributed by atoms with Crippen molar-refractivity contribution in [1.29, 1.82) is 0 Å². The minimum Gasteiger partial charge on any atom is -0.310 e. The van der Waals surface area contributed by atoms with Crippen molar-refractivity contribution in [3.8, 4) is 10.7 Å². The molecule has 2 heterocycles. The summed E-state index contributed by atoms with van der Waals surface area (Å²) >= 11 is 4.26. The Hall–Kier alpha value is -0.990. The summed E-state index contributed by atoms with van der Waals surface area (Å²) in [5.41, 5.74) is -0.398. The third-order valence-electron chi connectivity index (χ3n) is 2.58. The zero-order valence-corrected chi connectivity index (χ0v) is 13.7. The molecule has 0 unspecified atom stereocenters. The van der Waals surface area contributed by atoms with Gasteiger partial charge in [0.15, 0.2) is 5.69 Å². The first kappa shape index (κ1) is 16.4. The quantitative estimate of drug-likeness (QED) is 0.850. The van der Waals surface area contributed by atoms with Gasteiger partial charge in [-0.3, -0.25) is 4.98 Å². The van der Waals surface area contributed by atoms with E-state index in [1.165, 1.54) is 6.20 Å². The fraction of sp³-hybridized carbons (Fsp3) is 0.385. The molecule has 0 atom stereocenters. The Bertz CT molecular complexity index is 608. The SMILES string of the molecule is CC(C)NCc1sc(-c2ccc(Br)cn2)nc1C(F)(F)F. The predicted octanol–water partition coefficient (Wildman–Crippen LogP) is 4.48. The van der Waals surface area contributed by atoms with Crippen molar-refractivity contribution in [3.05, 3.63) is 33.4 Å². The topological polar surface area (TPSA) is 37.8 Å². The number of rotatable bonds is 4. The van der Waals surface area contributed by atoms with Crippen LogP contribution in [0.4, 0.5) is 13.2 Å². The van der Waals surface area contributed by atoms with E-state index >= 15 is 0 Å². The number of hydrogen-bond donors (Lipinski definition) is 1. The van der Waals surface area contributed by atoms with Crippen LogP contribution < -0.4 is 5.32 Å². The van der Waals surface area contributed by atoms with Crippen molar-refractivity contribution >= 4 is 27.3 Å². The molecule has 0 bridgehead atoms. The third kappa shape index (κ3) is 4.24. The molecule has 0 aromatic carbocycles. The number of pyridine rings is 1. The number of alkyl halides is 3. The molecule has 2 rings (SSSR count). The van der Waals surface area contributed by atoms with Crippen molar-refractivity contribution in [2.75, 3.05) is 0 Å². The largest absolute Gasteiger partial charge is 0.434 e. The van der Waals surface area contributed by atoms with Gasteiger partial charge in [-0.1, -0.05) is 13.8 Å². The first-order valence-electron chi connectivity index (χ1n) is 6.19. The van der Waals surface area contributed by atoms with Gasteiger partial charge in [0, 0.05) is 23.3 Å². The Morgan fingerprint density at radius 3 is 2.57 bits per heavy atom. The number of nitrogens with one attached hydrogen (secondary N) is 1. The second-order valence-corrected chi connectivity index (χ2v) is 6.69. The summed E-state index contributed by atoms with van der Waals surface area (Å²) in [5.74, 6) is 0. The normalized spacial score (nSPS) is 12.1. The van der Waals surface area contributed by atoms with E-state index in [4.69, 9.17) is 0 Å². The van der Waals surface area contributed by atoms with Gasteiger partial charge in [0.25, 0.3) is 0 Å². The highest BCUT2D eigenvalue weighted by atomic mass is 79.9. The van der Waals surface area contributed by atoms with Gasteiger partial charge >= 0.3 is 6.18 Å². The van der Waals surface area contributed by atoms with Crippen LogP contribution in [-0.2, 0) is 12.7 Å². The number of nitrogens with zero attached hydrogens (tertiary/aromatic N) is 2. The van der Waals surface area contributed by atoms with Crippen molar-refractivity contribution in [2.45, 2.75) is 32.6 Å². The van der Waals surface area contributed by atoms with Crippen LogP contribution in [0.3, 0.4) is 0 Å². The summed E-state index contributed by atoms with van der Waals surface area (Å²) < 4.78 is 39.9. The van der Waals surface area contributed by atoms with E-state index in [1.54, 1.807) is 12.1 Å². The number of thiazole rings is 1. The van der Waals surface area contributed by atoms with Crippen LogP contribution in [-0.4, -0.2) is 16.0 Å². The molecule has 8 heteroatoms. The minimum atomic E-state index is -4.46. The van der Waals surface area contributed by atoms with Gasteiger partial charge < -0.3 is 5.32 Å². The molecule has 1 N–H and O–H groups in total. The van der Waals surface area contributed by atoms with Crippen LogP contribution in [0.25, 0.3) is 10.7 Å². The van der Waals surface area contributed by atoms with E-state index in [0.29, 0.717) is 5.69 Å². The van der Waals surface area contributed by atoms with E-state index in [-0.39, 0.29) is 22.5 Å². The van der Waals surface area contributed by atoms with Gasteiger partial charge in [0.1, 0.15) is 5.01 Å². The average Bonchev–Trinajstić information content (AvgIpc) is 2.81. The summed E-state index contributed by atoms with van der Waals surface area (Å²) in [6.45, 7) is 3.90. The van der Waals surface area contributed by atoms with Gasteiger partial charge in [-0.25, -0.2) is 4.98 Å². The maximum atomic E-state index is 13.1. The molecule has 0 saturated carbocycles. The van der Waals surface area contributed by atoms with Crippen molar-refractivity contribution in [3.63, 3.8) is 0 Å². The Labute approximate surface area is 132 Å². The fourth-order valence-corrected chi connectivity index (χ4v) is 2.85. The lowest BCUT2D eigenvalue weighted by Gasteiger charge is -2.09. The summed E-state index contributed by atoms with van der Waals surface area (Å²) in [6.07, 6.45) is -2.92. The molecular weight excluding hydrogens is 367 g/mol. The highest BCUT2D eigenvalue weighted by molar-refractivity contribution is 9.10. The van der Waals surface area contributed by atoms with E-state index < -0.39 is 11.9 Å². The molecule has 0 aliphatic rings. The van der Waals surface area contributed by atoms with Crippen molar-refractivity contribution < 1.29 is 13.2 Å². The monoisotopic (exact) mass is 379 g/mol. The first-order valence-corrected chi connectivity index (χ1v) is 7.80. The Kier molecular flexibility index (Phi) is 5.00. The summed E-state index contributed by atoms with van der Waals surface area (Å²) in [6, 6.07) is 3.47. The third-order valence-corrected chi connectivity index (χ3v) is 4.13. The van der Waals surface area contributed by atoms with Crippen LogP contribution in [0.5, 0.6) is 0 Å². The highest BCUT2D eigenvalue weighted by Gasteiger charge is 2.37. The van der Waals surface area contributed by atoms with E-state index in [9.17, 15) is 13.2 Å². The molecule has 0 aliphatic heterocycles. The summed E-state index contributed by atoms with van der Waals surface area (Å²) in [7, 11) is 0. The molecule has 0 aliphatic carbocycles. The lowest BCUT2D eigenvalue weighted by molar-refractivity contribution is -0.141. The molecule has 2 aromatic heterocycles. The summed E-state index contributed by atoms with van der Waals surface area (Å²) in [5, 5.41) is 3.26. The lowest BCUT2D eigenvalue weighted by atomic mass is 10.3. The zero-order valence-electron chi connectivity index (χ0n) is 11.3. The predicted molar refractivity (Wildman–Crippen MR) is 80.0 cm³/mol. The molecule has 0 fully saturated rings. The molecule has 0 radical (unpaired) electrons. The van der Waals surface area contributed by atoms with Crippen LogP contribution in [0.15, 0.2) is 22.8 Å². The highest BCUT2D eigenvalue weighted by Crippen LogP contribution is 2.37. The average molecular weight is 380 g/mol.